The molecule has 1 fully saturated rings. The van der Waals surface area contributed by atoms with Gasteiger partial charge in [0.25, 0.3) is 0 Å². The molecule has 0 saturated carbocycles. The van der Waals surface area contributed by atoms with Gasteiger partial charge in [0, 0.05) is 36.4 Å². The predicted octanol–water partition coefficient (Wildman–Crippen LogP) is 3.37. The third-order valence-electron chi connectivity index (χ3n) is 3.89. The Kier molecular flexibility index (Phi) is 3.89. The van der Waals surface area contributed by atoms with Crippen LogP contribution in [0, 0.1) is 5.92 Å². The first-order valence-electron chi connectivity index (χ1n) is 7.06. The minimum Gasteiger partial charge on any atom is -0.306 e. The van der Waals surface area contributed by atoms with Crippen LogP contribution >= 0.6 is 15.9 Å². The molecule has 0 radical (unpaired) electrons. The van der Waals surface area contributed by atoms with E-state index in [-0.39, 0.29) is 0 Å². The standard InChI is InChI=1S/C15H20BrN3/c1-12-3-2-7-18(9-12)8-6-14-11-19-10-13(16)4-5-15(19)17-14/h4-5,10-12H,2-3,6-9H2,1H3. The molecule has 1 atom stereocenters. The summed E-state index contributed by atoms with van der Waals surface area (Å²) in [4.78, 5) is 7.25. The van der Waals surface area contributed by atoms with Gasteiger partial charge in [-0.25, -0.2) is 4.98 Å². The predicted molar refractivity (Wildman–Crippen MR) is 81.4 cm³/mol. The Labute approximate surface area is 122 Å². The van der Waals surface area contributed by atoms with Crippen molar-refractivity contribution < 1.29 is 0 Å². The van der Waals surface area contributed by atoms with Crippen molar-refractivity contribution >= 4 is 21.6 Å². The summed E-state index contributed by atoms with van der Waals surface area (Å²) < 4.78 is 3.19. The number of hydrogen-bond donors (Lipinski definition) is 0. The number of imidazole rings is 1. The third-order valence-corrected chi connectivity index (χ3v) is 4.36. The fraction of sp³-hybridized carbons (Fsp3) is 0.533. The van der Waals surface area contributed by atoms with E-state index in [1.54, 1.807) is 0 Å². The SMILES string of the molecule is CC1CCCN(CCc2cn3cc(Br)ccc3n2)C1. The summed E-state index contributed by atoms with van der Waals surface area (Å²) in [6, 6.07) is 4.09. The van der Waals surface area contributed by atoms with Crippen LogP contribution in [0.15, 0.2) is 29.0 Å². The molecule has 102 valence electrons. The average Bonchev–Trinajstić information content (AvgIpc) is 2.78. The second-order valence-corrected chi connectivity index (χ2v) is 6.56. The monoisotopic (exact) mass is 321 g/mol. The molecular weight excluding hydrogens is 302 g/mol. The second kappa shape index (κ2) is 5.63. The van der Waals surface area contributed by atoms with E-state index in [1.165, 1.54) is 31.6 Å². The molecule has 2 aromatic rings. The lowest BCUT2D eigenvalue weighted by Crippen LogP contribution is -2.35. The molecule has 19 heavy (non-hydrogen) atoms. The van der Waals surface area contributed by atoms with Crippen molar-refractivity contribution in [1.82, 2.24) is 14.3 Å². The lowest BCUT2D eigenvalue weighted by atomic mass is 10.0. The van der Waals surface area contributed by atoms with Crippen molar-refractivity contribution in [1.29, 1.82) is 0 Å². The average molecular weight is 322 g/mol. The van der Waals surface area contributed by atoms with Gasteiger partial charge in [0.2, 0.25) is 0 Å². The normalized spacial score (nSPS) is 21.1. The number of hydrogen-bond acceptors (Lipinski definition) is 2. The largest absolute Gasteiger partial charge is 0.306 e. The van der Waals surface area contributed by atoms with E-state index < -0.39 is 0 Å². The minimum absolute atomic E-state index is 0.853. The highest BCUT2D eigenvalue weighted by Gasteiger charge is 2.16. The topological polar surface area (TPSA) is 20.5 Å². The van der Waals surface area contributed by atoms with Gasteiger partial charge in [-0.1, -0.05) is 6.92 Å². The van der Waals surface area contributed by atoms with Crippen LogP contribution in [-0.2, 0) is 6.42 Å². The lowest BCUT2D eigenvalue weighted by Gasteiger charge is -2.30. The van der Waals surface area contributed by atoms with Crippen LogP contribution in [0.1, 0.15) is 25.5 Å². The van der Waals surface area contributed by atoms with Gasteiger partial charge in [0.1, 0.15) is 5.65 Å². The fourth-order valence-electron chi connectivity index (χ4n) is 2.90. The molecule has 1 unspecified atom stereocenters. The Morgan fingerprint density at radius 3 is 3.11 bits per heavy atom. The zero-order valence-corrected chi connectivity index (χ0v) is 12.9. The highest BCUT2D eigenvalue weighted by molar-refractivity contribution is 9.10. The van der Waals surface area contributed by atoms with Crippen LogP contribution in [0.4, 0.5) is 0 Å². The van der Waals surface area contributed by atoms with Crippen LogP contribution in [0.3, 0.4) is 0 Å². The molecule has 0 aliphatic carbocycles. The van der Waals surface area contributed by atoms with Crippen LogP contribution in [-0.4, -0.2) is 33.9 Å². The van der Waals surface area contributed by atoms with Crippen LogP contribution in [0.2, 0.25) is 0 Å². The molecule has 3 rings (SSSR count). The molecule has 2 aromatic heterocycles. The number of likely N-dealkylation sites (tertiary alicyclic amines) is 1. The number of piperidine rings is 1. The highest BCUT2D eigenvalue weighted by atomic mass is 79.9. The van der Waals surface area contributed by atoms with E-state index >= 15 is 0 Å². The number of nitrogens with zero attached hydrogens (tertiary/aromatic N) is 3. The number of aromatic nitrogens is 2. The summed E-state index contributed by atoms with van der Waals surface area (Å²) in [5, 5.41) is 0. The molecule has 4 heteroatoms. The van der Waals surface area contributed by atoms with Gasteiger partial charge in [-0.15, -0.1) is 0 Å². The molecular formula is C15H20BrN3. The van der Waals surface area contributed by atoms with E-state index in [4.69, 9.17) is 0 Å². The summed E-state index contributed by atoms with van der Waals surface area (Å²) in [7, 11) is 0. The Bertz CT molecular complexity index is 564. The van der Waals surface area contributed by atoms with Crippen molar-refractivity contribution in [3.05, 3.63) is 34.7 Å². The Morgan fingerprint density at radius 2 is 2.26 bits per heavy atom. The van der Waals surface area contributed by atoms with Crippen LogP contribution in [0.5, 0.6) is 0 Å². The molecule has 3 nitrogen and oxygen atoms in total. The quantitative estimate of drug-likeness (QED) is 0.864. The molecule has 0 bridgehead atoms. The van der Waals surface area contributed by atoms with Gasteiger partial charge >= 0.3 is 0 Å². The van der Waals surface area contributed by atoms with E-state index in [2.05, 4.69) is 55.6 Å². The van der Waals surface area contributed by atoms with Gasteiger partial charge in [0.15, 0.2) is 0 Å². The smallest absolute Gasteiger partial charge is 0.137 e. The lowest BCUT2D eigenvalue weighted by molar-refractivity contribution is 0.185. The van der Waals surface area contributed by atoms with Crippen molar-refractivity contribution in [3.8, 4) is 0 Å². The maximum atomic E-state index is 4.67. The fourth-order valence-corrected chi connectivity index (χ4v) is 3.25. The Hall–Kier alpha value is -0.870. The second-order valence-electron chi connectivity index (χ2n) is 5.64. The first-order valence-corrected chi connectivity index (χ1v) is 7.85. The number of fused-ring (bicyclic) bond motifs is 1. The van der Waals surface area contributed by atoms with Crippen molar-refractivity contribution in [2.45, 2.75) is 26.2 Å². The van der Waals surface area contributed by atoms with Crippen LogP contribution < -0.4 is 0 Å². The van der Waals surface area contributed by atoms with E-state index in [0.717, 1.165) is 29.0 Å². The van der Waals surface area contributed by atoms with Gasteiger partial charge in [-0.05, 0) is 53.4 Å². The summed E-state index contributed by atoms with van der Waals surface area (Å²) in [6.45, 7) is 5.99. The first-order chi connectivity index (χ1) is 9.20. The Morgan fingerprint density at radius 1 is 1.37 bits per heavy atom. The van der Waals surface area contributed by atoms with Gasteiger partial charge in [0.05, 0.1) is 5.69 Å². The van der Waals surface area contributed by atoms with Gasteiger partial charge in [-0.2, -0.15) is 0 Å². The van der Waals surface area contributed by atoms with Crippen molar-refractivity contribution in [3.63, 3.8) is 0 Å². The maximum Gasteiger partial charge on any atom is 0.137 e. The van der Waals surface area contributed by atoms with Crippen molar-refractivity contribution in [2.75, 3.05) is 19.6 Å². The highest BCUT2D eigenvalue weighted by Crippen LogP contribution is 2.16. The molecule has 0 spiro atoms. The van der Waals surface area contributed by atoms with Crippen molar-refractivity contribution in [2.24, 2.45) is 5.92 Å². The number of pyridine rings is 1. The minimum atomic E-state index is 0.853. The van der Waals surface area contributed by atoms with E-state index in [0.29, 0.717) is 0 Å². The zero-order chi connectivity index (χ0) is 13.2. The third kappa shape index (κ3) is 3.18. The van der Waals surface area contributed by atoms with Gasteiger partial charge in [-0.3, -0.25) is 0 Å². The van der Waals surface area contributed by atoms with E-state index in [9.17, 15) is 0 Å². The Balaban J connectivity index is 1.65. The molecule has 0 amide bonds. The summed E-state index contributed by atoms with van der Waals surface area (Å²) >= 11 is 3.49. The molecule has 0 N–H and O–H groups in total. The molecule has 0 aromatic carbocycles. The maximum absolute atomic E-state index is 4.67. The summed E-state index contributed by atoms with van der Waals surface area (Å²) in [5.74, 6) is 0.853. The first kappa shape index (κ1) is 13.1. The van der Waals surface area contributed by atoms with E-state index in [1.807, 2.05) is 6.07 Å². The summed E-state index contributed by atoms with van der Waals surface area (Å²) in [5.41, 5.74) is 2.22. The van der Waals surface area contributed by atoms with Gasteiger partial charge < -0.3 is 9.30 Å². The molecule has 1 saturated heterocycles. The number of halogens is 1. The molecule has 3 heterocycles. The zero-order valence-electron chi connectivity index (χ0n) is 11.3. The number of rotatable bonds is 3. The molecule has 1 aliphatic rings. The van der Waals surface area contributed by atoms with Crippen LogP contribution in [0.25, 0.3) is 5.65 Å². The summed E-state index contributed by atoms with van der Waals surface area (Å²) in [6.07, 6.45) is 7.99. The molecule has 1 aliphatic heterocycles.